The molecule has 1 aliphatic heterocycles. The summed E-state index contributed by atoms with van der Waals surface area (Å²) >= 11 is 12.0. The maximum atomic E-state index is 12.7. The lowest BCUT2D eigenvalue weighted by molar-refractivity contribution is -0.117. The van der Waals surface area contributed by atoms with Crippen LogP contribution in [-0.2, 0) is 14.9 Å². The van der Waals surface area contributed by atoms with Crippen molar-refractivity contribution in [1.29, 1.82) is 0 Å². The van der Waals surface area contributed by atoms with Gasteiger partial charge in [-0.15, -0.1) is 0 Å². The Kier molecular flexibility index (Phi) is 5.53. The summed E-state index contributed by atoms with van der Waals surface area (Å²) in [7, 11) is -4.59. The van der Waals surface area contributed by atoms with Crippen molar-refractivity contribution in [3.05, 3.63) is 52.0 Å². The van der Waals surface area contributed by atoms with Gasteiger partial charge in [-0.1, -0.05) is 35.3 Å². The van der Waals surface area contributed by atoms with Crippen LogP contribution in [-0.4, -0.2) is 30.6 Å². The molecular formula is C17H14Cl2N4O4S. The molecule has 0 aliphatic carbocycles. The van der Waals surface area contributed by atoms with Gasteiger partial charge in [0.05, 0.1) is 16.4 Å². The van der Waals surface area contributed by atoms with E-state index in [-0.39, 0.29) is 10.7 Å². The number of halogens is 2. The van der Waals surface area contributed by atoms with Crippen molar-refractivity contribution in [3.8, 4) is 0 Å². The van der Waals surface area contributed by atoms with Crippen molar-refractivity contribution >= 4 is 56.3 Å². The first-order valence-corrected chi connectivity index (χ1v) is 10.1. The summed E-state index contributed by atoms with van der Waals surface area (Å²) in [6, 6.07) is 8.07. The molecule has 2 aromatic carbocycles. The normalized spacial score (nSPS) is 17.5. The number of carbonyl (C=O) groups excluding carboxylic acids is 1. The molecule has 1 N–H and O–H groups in total. The molecule has 0 saturated heterocycles. The Bertz CT molecular complexity index is 1130. The van der Waals surface area contributed by atoms with Crippen molar-refractivity contribution in [2.45, 2.75) is 24.8 Å². The predicted octanol–water partition coefficient (Wildman–Crippen LogP) is 4.42. The highest BCUT2D eigenvalue weighted by atomic mass is 35.5. The molecule has 28 heavy (non-hydrogen) atoms. The fourth-order valence-corrected chi connectivity index (χ4v) is 3.61. The minimum absolute atomic E-state index is 0.138. The molecule has 2 aromatic rings. The Hall–Kier alpha value is -2.33. The van der Waals surface area contributed by atoms with Crippen LogP contribution in [0.1, 0.15) is 12.5 Å². The Morgan fingerprint density at radius 1 is 1.14 bits per heavy atom. The number of rotatable bonds is 4. The lowest BCUT2D eigenvalue weighted by atomic mass is 10.2. The molecule has 1 aliphatic rings. The van der Waals surface area contributed by atoms with E-state index in [0.717, 1.165) is 11.1 Å². The zero-order chi connectivity index (χ0) is 20.6. The second-order valence-electron chi connectivity index (χ2n) is 6.01. The van der Waals surface area contributed by atoms with Crippen molar-refractivity contribution in [2.75, 3.05) is 5.01 Å². The molecular weight excluding hydrogens is 427 g/mol. The molecule has 8 nitrogen and oxygen atoms in total. The van der Waals surface area contributed by atoms with E-state index < -0.39 is 27.0 Å². The summed E-state index contributed by atoms with van der Waals surface area (Å²) in [6.45, 7) is 3.23. The van der Waals surface area contributed by atoms with Gasteiger partial charge < -0.3 is 0 Å². The predicted molar refractivity (Wildman–Crippen MR) is 106 cm³/mol. The van der Waals surface area contributed by atoms with Crippen LogP contribution in [0.25, 0.3) is 0 Å². The number of carbonyl (C=O) groups is 1. The first kappa shape index (κ1) is 20.4. The van der Waals surface area contributed by atoms with Gasteiger partial charge in [0.15, 0.2) is 6.04 Å². The molecule has 146 valence electrons. The van der Waals surface area contributed by atoms with Gasteiger partial charge in [0.1, 0.15) is 10.6 Å². The minimum Gasteiger partial charge on any atom is -0.282 e. The van der Waals surface area contributed by atoms with Crippen LogP contribution in [0.4, 0.5) is 11.4 Å². The van der Waals surface area contributed by atoms with Gasteiger partial charge >= 0.3 is 0 Å². The Balaban J connectivity index is 1.96. The number of anilines is 1. The summed E-state index contributed by atoms with van der Waals surface area (Å²) in [6.07, 6.45) is 0. The largest absolute Gasteiger partial charge is 0.296 e. The molecule has 0 spiro atoms. The lowest BCUT2D eigenvalue weighted by Crippen LogP contribution is -2.29. The molecule has 11 heteroatoms. The summed E-state index contributed by atoms with van der Waals surface area (Å²) in [5, 5.41) is 13.6. The number of hydrogen-bond acceptors (Lipinski definition) is 6. The van der Waals surface area contributed by atoms with Gasteiger partial charge in [-0.2, -0.15) is 28.8 Å². The van der Waals surface area contributed by atoms with Crippen molar-refractivity contribution < 1.29 is 17.8 Å². The van der Waals surface area contributed by atoms with Crippen LogP contribution in [0, 0.1) is 6.92 Å². The fourth-order valence-electron chi connectivity index (χ4n) is 2.54. The third-order valence-electron chi connectivity index (χ3n) is 3.98. The van der Waals surface area contributed by atoms with Gasteiger partial charge in [-0.3, -0.25) is 9.35 Å². The third-order valence-corrected chi connectivity index (χ3v) is 5.59. The molecule has 1 unspecified atom stereocenters. The number of hydrazone groups is 1. The lowest BCUT2D eigenvalue weighted by Gasteiger charge is -2.13. The Labute approximate surface area is 171 Å². The van der Waals surface area contributed by atoms with Gasteiger partial charge in [-0.05, 0) is 43.7 Å². The highest BCUT2D eigenvalue weighted by Crippen LogP contribution is 2.32. The van der Waals surface area contributed by atoms with E-state index >= 15 is 0 Å². The van der Waals surface area contributed by atoms with E-state index in [1.165, 1.54) is 6.07 Å². The van der Waals surface area contributed by atoms with E-state index in [9.17, 15) is 17.8 Å². The highest BCUT2D eigenvalue weighted by molar-refractivity contribution is 7.86. The van der Waals surface area contributed by atoms with Crippen molar-refractivity contribution in [3.63, 3.8) is 0 Å². The number of amides is 1. The summed E-state index contributed by atoms with van der Waals surface area (Å²) in [5.41, 5.74) is 1.14. The molecule has 1 amide bonds. The topological polar surface area (TPSA) is 112 Å². The van der Waals surface area contributed by atoms with E-state index in [1.54, 1.807) is 38.1 Å². The summed E-state index contributed by atoms with van der Waals surface area (Å²) in [5.74, 6) is -0.492. The maximum absolute atomic E-state index is 12.7. The van der Waals surface area contributed by atoms with Gasteiger partial charge in [0.2, 0.25) is 0 Å². The van der Waals surface area contributed by atoms with Crippen LogP contribution in [0.5, 0.6) is 0 Å². The molecule has 1 heterocycles. The number of azo groups is 1. The van der Waals surface area contributed by atoms with Gasteiger partial charge in [-0.25, -0.2) is 0 Å². The SMILES string of the molecule is CC1=NN(c2ccccc2Cl)C(=O)C1N=Nc1cc(C)c(Cl)cc1S(=O)(=O)O. The zero-order valence-corrected chi connectivity index (χ0v) is 17.0. The van der Waals surface area contributed by atoms with E-state index in [2.05, 4.69) is 15.3 Å². The van der Waals surface area contributed by atoms with Crippen LogP contribution < -0.4 is 5.01 Å². The Morgan fingerprint density at radius 2 is 1.82 bits per heavy atom. The molecule has 0 saturated carbocycles. The van der Waals surface area contributed by atoms with Crippen LogP contribution >= 0.6 is 23.2 Å². The molecule has 3 rings (SSSR count). The van der Waals surface area contributed by atoms with Crippen LogP contribution in [0.3, 0.4) is 0 Å². The van der Waals surface area contributed by atoms with Crippen molar-refractivity contribution in [2.24, 2.45) is 15.3 Å². The molecule has 1 atom stereocenters. The number of nitrogens with zero attached hydrogens (tertiary/aromatic N) is 4. The first-order valence-electron chi connectivity index (χ1n) is 7.91. The molecule has 0 bridgehead atoms. The van der Waals surface area contributed by atoms with Crippen LogP contribution in [0.15, 0.2) is 56.6 Å². The maximum Gasteiger partial charge on any atom is 0.296 e. The van der Waals surface area contributed by atoms with Crippen LogP contribution in [0.2, 0.25) is 10.0 Å². The summed E-state index contributed by atoms with van der Waals surface area (Å²) < 4.78 is 32.6. The van der Waals surface area contributed by atoms with Crippen molar-refractivity contribution in [1.82, 2.24) is 0 Å². The minimum atomic E-state index is -4.59. The molecule has 0 aromatic heterocycles. The van der Waals surface area contributed by atoms with E-state index in [0.29, 0.717) is 22.0 Å². The quantitative estimate of drug-likeness (QED) is 0.559. The molecule has 0 fully saturated rings. The average Bonchev–Trinajstić information content (AvgIpc) is 2.89. The standard InChI is InChI=1S/C17H14Cl2N4O4S/c1-9-7-13(15(8-12(9)19)28(25,26)27)20-21-16-10(2)22-23(17(16)24)14-6-4-3-5-11(14)18/h3-8,16H,1-2H3,(H,25,26,27). The third kappa shape index (κ3) is 3.93. The second-order valence-corrected chi connectivity index (χ2v) is 8.21. The smallest absolute Gasteiger partial charge is 0.282 e. The van der Waals surface area contributed by atoms with E-state index in [4.69, 9.17) is 23.2 Å². The number of para-hydroxylation sites is 1. The Morgan fingerprint density at radius 3 is 2.46 bits per heavy atom. The average molecular weight is 441 g/mol. The molecule has 0 radical (unpaired) electrons. The fraction of sp³-hybridized carbons (Fsp3) is 0.176. The zero-order valence-electron chi connectivity index (χ0n) is 14.7. The second kappa shape index (κ2) is 7.59. The number of benzene rings is 2. The first-order chi connectivity index (χ1) is 13.1. The number of hydrogen-bond donors (Lipinski definition) is 1. The van der Waals surface area contributed by atoms with Gasteiger partial charge in [0.25, 0.3) is 16.0 Å². The van der Waals surface area contributed by atoms with E-state index in [1.807, 2.05) is 0 Å². The summed E-state index contributed by atoms with van der Waals surface area (Å²) in [4.78, 5) is 12.2. The van der Waals surface area contributed by atoms with Gasteiger partial charge in [0, 0.05) is 5.02 Å². The number of aryl methyl sites for hydroxylation is 1. The highest BCUT2D eigenvalue weighted by Gasteiger charge is 2.35. The monoisotopic (exact) mass is 440 g/mol.